The van der Waals surface area contributed by atoms with Crippen molar-refractivity contribution < 1.29 is 33.3 Å². The molecule has 0 heterocycles. The van der Waals surface area contributed by atoms with Gasteiger partial charge >= 0.3 is 12.1 Å². The van der Waals surface area contributed by atoms with Gasteiger partial charge in [0, 0.05) is 20.0 Å². The number of carbonyl (C=O) groups is 2. The molecule has 0 unspecified atom stereocenters. The molecule has 300 valence electrons. The van der Waals surface area contributed by atoms with Crippen molar-refractivity contribution in [2.45, 2.75) is 87.5 Å². The van der Waals surface area contributed by atoms with Crippen LogP contribution >= 0.6 is 0 Å². The third-order valence-corrected chi connectivity index (χ3v) is 9.19. The van der Waals surface area contributed by atoms with Crippen LogP contribution in [0, 0.1) is 41.5 Å². The van der Waals surface area contributed by atoms with Crippen molar-refractivity contribution >= 4 is 12.1 Å². The minimum Gasteiger partial charge on any atom is -0.497 e. The second-order valence-electron chi connectivity index (χ2n) is 14.8. The van der Waals surface area contributed by atoms with E-state index in [0.717, 1.165) is 5.75 Å². The fourth-order valence-corrected chi connectivity index (χ4v) is 5.15. The van der Waals surface area contributed by atoms with Crippen LogP contribution in [0.4, 0.5) is 4.79 Å². The van der Waals surface area contributed by atoms with Gasteiger partial charge < -0.3 is 23.7 Å². The zero-order valence-electron chi connectivity index (χ0n) is 35.7. The molecule has 0 radical (unpaired) electrons. The van der Waals surface area contributed by atoms with Gasteiger partial charge in [-0.1, -0.05) is 136 Å². The Morgan fingerprint density at radius 2 is 0.982 bits per heavy atom. The smallest absolute Gasteiger partial charge is 0.497 e. The molecule has 7 nitrogen and oxygen atoms in total. The molecule has 0 spiro atoms. The topological polar surface area (TPSA) is 80.3 Å². The van der Waals surface area contributed by atoms with Gasteiger partial charge in [0.1, 0.15) is 5.75 Å². The monoisotopic (exact) mass is 762 g/mol. The molecule has 56 heavy (non-hydrogen) atoms. The quantitative estimate of drug-likeness (QED) is 0.115. The van der Waals surface area contributed by atoms with Gasteiger partial charge in [0.15, 0.2) is 6.79 Å². The average Bonchev–Trinajstić information content (AvgIpc) is 3.17. The molecule has 0 aliphatic rings. The zero-order valence-corrected chi connectivity index (χ0v) is 35.7. The number of hydrogen-bond donors (Lipinski definition) is 0. The van der Waals surface area contributed by atoms with E-state index in [-0.39, 0.29) is 12.2 Å². The normalized spacial score (nSPS) is 10.4. The Labute approximate surface area is 336 Å². The summed E-state index contributed by atoms with van der Waals surface area (Å²) in [4.78, 5) is 20.6. The second kappa shape index (κ2) is 23.5. The van der Waals surface area contributed by atoms with Gasteiger partial charge in [-0.2, -0.15) is 0 Å². The first-order chi connectivity index (χ1) is 26.4. The van der Waals surface area contributed by atoms with Crippen LogP contribution in [0.3, 0.4) is 0 Å². The summed E-state index contributed by atoms with van der Waals surface area (Å²) in [5.41, 5.74) is 15.1. The summed E-state index contributed by atoms with van der Waals surface area (Å²) in [6.07, 6.45) is -0.946. The molecule has 7 heteroatoms. The van der Waals surface area contributed by atoms with E-state index >= 15 is 0 Å². The third-order valence-electron chi connectivity index (χ3n) is 9.19. The number of esters is 1. The number of hydrogen-bond acceptors (Lipinski definition) is 7. The Morgan fingerprint density at radius 3 is 1.34 bits per heavy atom. The van der Waals surface area contributed by atoms with Crippen LogP contribution in [0.15, 0.2) is 109 Å². The number of methoxy groups -OCH3 is 2. The van der Waals surface area contributed by atoms with Crippen LogP contribution in [-0.4, -0.2) is 39.9 Å². The van der Waals surface area contributed by atoms with Crippen LogP contribution in [0.2, 0.25) is 0 Å². The zero-order chi connectivity index (χ0) is 41.8. The first-order valence-electron chi connectivity index (χ1n) is 18.8. The van der Waals surface area contributed by atoms with Crippen molar-refractivity contribution in [3.63, 3.8) is 0 Å². The lowest BCUT2D eigenvalue weighted by Gasteiger charge is -2.18. The van der Waals surface area contributed by atoms with Crippen LogP contribution in [0.25, 0.3) is 11.1 Å². The molecule has 0 aromatic heterocycles. The van der Waals surface area contributed by atoms with Crippen molar-refractivity contribution in [3.05, 3.63) is 159 Å². The lowest BCUT2D eigenvalue weighted by atomic mass is 9.87. The summed E-state index contributed by atoms with van der Waals surface area (Å²) < 4.78 is 22.3. The van der Waals surface area contributed by atoms with Crippen LogP contribution in [0.1, 0.15) is 90.6 Å². The van der Waals surface area contributed by atoms with Gasteiger partial charge in [0.05, 0.1) is 7.11 Å². The molecule has 0 bridgehead atoms. The molecular weight excluding hydrogens is 701 g/mol. The molecule has 0 saturated carbocycles. The summed E-state index contributed by atoms with van der Waals surface area (Å²) in [6.45, 7) is 22.4. The van der Waals surface area contributed by atoms with Crippen molar-refractivity contribution in [1.82, 2.24) is 0 Å². The SMILES string of the molecule is COCOC(=O)OCOC(C)=O.COc1ccc(C(C)(C)C)cc1.Cc1ccc(-c2ccc(C)cc2)cc1.Cc1ccc(C(C)c2ccc(C)c(C)c2)cc1C. The summed E-state index contributed by atoms with van der Waals surface area (Å²) in [6, 6.07) is 39.1. The molecule has 0 aliphatic carbocycles. The fourth-order valence-electron chi connectivity index (χ4n) is 5.15. The number of rotatable bonds is 8. The largest absolute Gasteiger partial charge is 0.513 e. The highest BCUT2D eigenvalue weighted by Crippen LogP contribution is 2.27. The molecule has 0 saturated heterocycles. The van der Waals surface area contributed by atoms with Gasteiger partial charge in [0.25, 0.3) is 0 Å². The molecule has 0 N–H and O–H groups in total. The van der Waals surface area contributed by atoms with Crippen LogP contribution < -0.4 is 4.74 Å². The molecule has 0 aliphatic heterocycles. The van der Waals surface area contributed by atoms with Gasteiger partial charge in [0.2, 0.25) is 6.79 Å². The Balaban J connectivity index is 0.000000262. The highest BCUT2D eigenvalue weighted by molar-refractivity contribution is 5.66. The van der Waals surface area contributed by atoms with E-state index in [1.807, 2.05) is 12.1 Å². The molecule has 5 aromatic carbocycles. The van der Waals surface area contributed by atoms with E-state index in [0.29, 0.717) is 5.92 Å². The molecule has 0 amide bonds. The Morgan fingerprint density at radius 1 is 0.554 bits per heavy atom. The van der Waals surface area contributed by atoms with Gasteiger partial charge in [-0.25, -0.2) is 4.79 Å². The predicted molar refractivity (Wildman–Crippen MR) is 228 cm³/mol. The summed E-state index contributed by atoms with van der Waals surface area (Å²) in [7, 11) is 3.05. The molecule has 0 fully saturated rings. The maximum atomic E-state index is 10.5. The number of carbonyl (C=O) groups excluding carboxylic acids is 2. The first-order valence-corrected chi connectivity index (χ1v) is 18.8. The fraction of sp³-hybridized carbons (Fsp3) is 0.347. The maximum absolute atomic E-state index is 10.5. The van der Waals surface area contributed by atoms with Gasteiger partial charge in [-0.05, 0) is 109 Å². The van der Waals surface area contributed by atoms with Crippen LogP contribution in [-0.2, 0) is 29.2 Å². The van der Waals surface area contributed by atoms with Crippen molar-refractivity contribution in [3.8, 4) is 16.9 Å². The molecule has 5 aromatic rings. The standard InChI is InChI=1S/C18H22.C14H14.C11H16O.C6H10O6/c1-12-6-8-17(10-14(12)3)16(5)18-9-7-13(2)15(4)11-18;1-11-3-7-13(8-4-11)14-9-5-12(2)6-10-14;1-11(2,3)9-5-7-10(12-4)8-6-9;1-5(7)10-4-12-6(8)11-3-9-2/h6-11,16H,1-5H3;3-10H,1-2H3;5-8H,1-4H3;3-4H2,1-2H3. The lowest BCUT2D eigenvalue weighted by Crippen LogP contribution is -2.13. The summed E-state index contributed by atoms with van der Waals surface area (Å²) in [5.74, 6) is 0.848. The van der Waals surface area contributed by atoms with E-state index in [1.165, 1.54) is 75.2 Å². The van der Waals surface area contributed by atoms with Crippen molar-refractivity contribution in [2.24, 2.45) is 0 Å². The first kappa shape index (κ1) is 46.8. The van der Waals surface area contributed by atoms with E-state index < -0.39 is 18.9 Å². The van der Waals surface area contributed by atoms with Gasteiger partial charge in [-0.15, -0.1) is 0 Å². The Kier molecular flexibility index (Phi) is 19.6. The van der Waals surface area contributed by atoms with E-state index in [2.05, 4.69) is 185 Å². The van der Waals surface area contributed by atoms with E-state index in [9.17, 15) is 9.59 Å². The lowest BCUT2D eigenvalue weighted by molar-refractivity contribution is -0.151. The summed E-state index contributed by atoms with van der Waals surface area (Å²) >= 11 is 0. The van der Waals surface area contributed by atoms with Gasteiger partial charge in [-0.3, -0.25) is 4.79 Å². The van der Waals surface area contributed by atoms with E-state index in [1.54, 1.807) is 7.11 Å². The average molecular weight is 763 g/mol. The van der Waals surface area contributed by atoms with E-state index in [4.69, 9.17) is 4.74 Å². The minimum absolute atomic E-state index is 0.196. The number of ether oxygens (including phenoxy) is 5. The molecule has 0 atom stereocenters. The van der Waals surface area contributed by atoms with Crippen LogP contribution in [0.5, 0.6) is 5.75 Å². The third kappa shape index (κ3) is 17.0. The summed E-state index contributed by atoms with van der Waals surface area (Å²) in [5, 5.41) is 0. The molecule has 5 rings (SSSR count). The highest BCUT2D eigenvalue weighted by atomic mass is 16.8. The van der Waals surface area contributed by atoms with Crippen molar-refractivity contribution in [1.29, 1.82) is 0 Å². The maximum Gasteiger partial charge on any atom is 0.513 e. The Hall–Kier alpha value is -5.40. The molecular formula is C49H62O7. The van der Waals surface area contributed by atoms with Crippen molar-refractivity contribution in [2.75, 3.05) is 27.8 Å². The number of benzene rings is 5. The second-order valence-corrected chi connectivity index (χ2v) is 14.8. The minimum atomic E-state index is -0.946. The Bertz CT molecular complexity index is 1830. The predicted octanol–water partition coefficient (Wildman–Crippen LogP) is 12.3. The number of aryl methyl sites for hydroxylation is 6. The highest BCUT2D eigenvalue weighted by Gasteiger charge is 2.13.